The molecule has 0 saturated carbocycles. The predicted molar refractivity (Wildman–Crippen MR) is 79.9 cm³/mol. The summed E-state index contributed by atoms with van der Waals surface area (Å²) in [5, 5.41) is 4.28. The van der Waals surface area contributed by atoms with Crippen LogP contribution in [-0.2, 0) is 6.42 Å². The molecule has 5 heteroatoms. The third kappa shape index (κ3) is 2.46. The van der Waals surface area contributed by atoms with Gasteiger partial charge < -0.3 is 5.73 Å². The molecule has 0 amide bonds. The average Bonchev–Trinajstić information content (AvgIpc) is 2.87. The Kier molecular flexibility index (Phi) is 3.54. The summed E-state index contributed by atoms with van der Waals surface area (Å²) in [6.07, 6.45) is 4.31. The molecule has 2 N–H and O–H groups in total. The average molecular weight is 334 g/mol. The summed E-state index contributed by atoms with van der Waals surface area (Å²) in [5.74, 6) is -0.265. The van der Waals surface area contributed by atoms with Crippen LogP contribution in [0.4, 0.5) is 4.39 Å². The van der Waals surface area contributed by atoms with Crippen LogP contribution in [0.1, 0.15) is 17.2 Å². The van der Waals surface area contributed by atoms with Crippen LogP contribution in [0.2, 0.25) is 0 Å². The highest BCUT2D eigenvalue weighted by Crippen LogP contribution is 2.23. The number of rotatable bonds is 3. The van der Waals surface area contributed by atoms with Crippen LogP contribution >= 0.6 is 15.9 Å². The lowest BCUT2D eigenvalue weighted by Gasteiger charge is -2.11. The minimum absolute atomic E-state index is 0.174. The first-order valence-electron chi connectivity index (χ1n) is 6.27. The van der Waals surface area contributed by atoms with Crippen molar-refractivity contribution in [2.24, 2.45) is 5.73 Å². The molecular formula is C15H13BrFN3. The lowest BCUT2D eigenvalue weighted by atomic mass is 10.0. The molecule has 0 aliphatic heterocycles. The Morgan fingerprint density at radius 3 is 2.95 bits per heavy atom. The summed E-state index contributed by atoms with van der Waals surface area (Å²) in [7, 11) is 0. The second-order valence-corrected chi connectivity index (χ2v) is 5.54. The number of hydrogen-bond acceptors (Lipinski definition) is 2. The maximum absolute atomic E-state index is 13.2. The Balaban J connectivity index is 1.89. The largest absolute Gasteiger partial charge is 0.324 e. The number of benzene rings is 1. The van der Waals surface area contributed by atoms with Gasteiger partial charge in [0.25, 0.3) is 0 Å². The van der Waals surface area contributed by atoms with E-state index in [1.54, 1.807) is 22.8 Å². The molecule has 0 aliphatic rings. The smallest absolute Gasteiger partial charge is 0.137 e. The first kappa shape index (κ1) is 13.3. The topological polar surface area (TPSA) is 43.3 Å². The number of hydrogen-bond donors (Lipinski definition) is 1. The van der Waals surface area contributed by atoms with Gasteiger partial charge in [-0.05, 0) is 52.2 Å². The van der Waals surface area contributed by atoms with Gasteiger partial charge in [0, 0.05) is 17.8 Å². The summed E-state index contributed by atoms with van der Waals surface area (Å²) in [4.78, 5) is 0. The van der Waals surface area contributed by atoms with Crippen molar-refractivity contribution < 1.29 is 4.39 Å². The highest BCUT2D eigenvalue weighted by atomic mass is 79.9. The fourth-order valence-electron chi connectivity index (χ4n) is 2.27. The molecule has 1 atom stereocenters. The molecule has 20 heavy (non-hydrogen) atoms. The van der Waals surface area contributed by atoms with Crippen molar-refractivity contribution in [3.05, 3.63) is 70.2 Å². The summed E-state index contributed by atoms with van der Waals surface area (Å²) >= 11 is 3.19. The van der Waals surface area contributed by atoms with Crippen LogP contribution < -0.4 is 5.73 Å². The first-order chi connectivity index (χ1) is 9.65. The second kappa shape index (κ2) is 5.34. The number of fused-ring (bicyclic) bond motifs is 1. The zero-order valence-corrected chi connectivity index (χ0v) is 12.2. The van der Waals surface area contributed by atoms with E-state index < -0.39 is 0 Å². The lowest BCUT2D eigenvalue weighted by Crippen LogP contribution is -2.13. The molecule has 0 fully saturated rings. The van der Waals surface area contributed by atoms with E-state index in [2.05, 4.69) is 21.0 Å². The zero-order valence-electron chi connectivity index (χ0n) is 10.6. The highest BCUT2D eigenvalue weighted by Gasteiger charge is 2.13. The Hall–Kier alpha value is -1.72. The molecule has 0 bridgehead atoms. The monoisotopic (exact) mass is 333 g/mol. The standard InChI is InChI=1S/C15H13BrFN3/c16-12-7-10(4-5-13(12)17)8-14(18)11-9-19-20-6-2-1-3-15(11)20/h1-7,9,14H,8,18H2. The summed E-state index contributed by atoms with van der Waals surface area (Å²) < 4.78 is 15.5. The molecule has 0 saturated heterocycles. The normalized spacial score (nSPS) is 12.8. The SMILES string of the molecule is NC(Cc1ccc(F)c(Br)c1)c1cnn2ccccc12. The summed E-state index contributed by atoms with van der Waals surface area (Å²) in [5.41, 5.74) is 9.24. The molecule has 0 aliphatic carbocycles. The van der Waals surface area contributed by atoms with Crippen molar-refractivity contribution in [1.29, 1.82) is 0 Å². The van der Waals surface area contributed by atoms with Crippen LogP contribution in [0.3, 0.4) is 0 Å². The van der Waals surface area contributed by atoms with Gasteiger partial charge in [0.1, 0.15) is 5.82 Å². The maximum Gasteiger partial charge on any atom is 0.137 e. The van der Waals surface area contributed by atoms with E-state index in [0.29, 0.717) is 10.9 Å². The van der Waals surface area contributed by atoms with Gasteiger partial charge in [0.2, 0.25) is 0 Å². The molecule has 2 aromatic heterocycles. The van der Waals surface area contributed by atoms with Crippen molar-refractivity contribution in [2.75, 3.05) is 0 Å². The quantitative estimate of drug-likeness (QED) is 0.797. The Morgan fingerprint density at radius 1 is 1.30 bits per heavy atom. The van der Waals surface area contributed by atoms with Gasteiger partial charge in [0.05, 0.1) is 16.2 Å². The van der Waals surface area contributed by atoms with Crippen molar-refractivity contribution in [3.8, 4) is 0 Å². The van der Waals surface area contributed by atoms with Gasteiger partial charge in [-0.15, -0.1) is 0 Å². The molecule has 3 aromatic rings. The van der Waals surface area contributed by atoms with E-state index in [1.807, 2.05) is 24.4 Å². The first-order valence-corrected chi connectivity index (χ1v) is 7.06. The minimum atomic E-state index is -0.265. The zero-order chi connectivity index (χ0) is 14.1. The van der Waals surface area contributed by atoms with Crippen molar-refractivity contribution in [3.63, 3.8) is 0 Å². The van der Waals surface area contributed by atoms with E-state index in [-0.39, 0.29) is 11.9 Å². The van der Waals surface area contributed by atoms with E-state index in [4.69, 9.17) is 5.73 Å². The summed E-state index contributed by atoms with van der Waals surface area (Å²) in [6, 6.07) is 10.7. The van der Waals surface area contributed by atoms with Crippen molar-refractivity contribution >= 4 is 21.4 Å². The van der Waals surface area contributed by atoms with E-state index in [9.17, 15) is 4.39 Å². The Bertz CT molecular complexity index is 754. The molecule has 0 spiro atoms. The number of nitrogens with two attached hydrogens (primary N) is 1. The number of halogens is 2. The third-order valence-corrected chi connectivity index (χ3v) is 3.90. The Morgan fingerprint density at radius 2 is 2.15 bits per heavy atom. The van der Waals surface area contributed by atoms with Gasteiger partial charge in [-0.3, -0.25) is 0 Å². The lowest BCUT2D eigenvalue weighted by molar-refractivity contribution is 0.619. The minimum Gasteiger partial charge on any atom is -0.324 e. The van der Waals surface area contributed by atoms with Gasteiger partial charge in [-0.2, -0.15) is 5.10 Å². The van der Waals surface area contributed by atoms with Gasteiger partial charge in [0.15, 0.2) is 0 Å². The Labute approximate surface area is 124 Å². The van der Waals surface area contributed by atoms with Gasteiger partial charge in [-0.1, -0.05) is 12.1 Å². The molecule has 102 valence electrons. The second-order valence-electron chi connectivity index (χ2n) is 4.69. The molecule has 1 aromatic carbocycles. The molecule has 0 radical (unpaired) electrons. The van der Waals surface area contributed by atoms with Crippen LogP contribution in [-0.4, -0.2) is 9.61 Å². The highest BCUT2D eigenvalue weighted by molar-refractivity contribution is 9.10. The van der Waals surface area contributed by atoms with E-state index >= 15 is 0 Å². The molecule has 1 unspecified atom stereocenters. The molecular weight excluding hydrogens is 321 g/mol. The van der Waals surface area contributed by atoms with E-state index in [0.717, 1.165) is 16.6 Å². The van der Waals surface area contributed by atoms with Crippen LogP contribution in [0.5, 0.6) is 0 Å². The number of pyridine rings is 1. The van der Waals surface area contributed by atoms with Crippen molar-refractivity contribution in [2.45, 2.75) is 12.5 Å². The maximum atomic E-state index is 13.2. The predicted octanol–water partition coefficient (Wildman–Crippen LogP) is 3.48. The summed E-state index contributed by atoms with van der Waals surface area (Å²) in [6.45, 7) is 0. The fraction of sp³-hybridized carbons (Fsp3) is 0.133. The number of aromatic nitrogens is 2. The molecule has 3 rings (SSSR count). The number of nitrogens with zero attached hydrogens (tertiary/aromatic N) is 2. The van der Waals surface area contributed by atoms with Crippen LogP contribution in [0, 0.1) is 5.82 Å². The molecule has 3 nitrogen and oxygen atoms in total. The molecule has 2 heterocycles. The fourth-order valence-corrected chi connectivity index (χ4v) is 2.70. The van der Waals surface area contributed by atoms with Crippen LogP contribution in [0.25, 0.3) is 5.52 Å². The van der Waals surface area contributed by atoms with E-state index in [1.165, 1.54) is 6.07 Å². The van der Waals surface area contributed by atoms with Gasteiger partial charge in [-0.25, -0.2) is 8.91 Å². The van der Waals surface area contributed by atoms with Crippen LogP contribution in [0.15, 0.2) is 53.3 Å². The van der Waals surface area contributed by atoms with Gasteiger partial charge >= 0.3 is 0 Å². The van der Waals surface area contributed by atoms with Crippen molar-refractivity contribution in [1.82, 2.24) is 9.61 Å². The third-order valence-electron chi connectivity index (χ3n) is 3.30.